The van der Waals surface area contributed by atoms with Gasteiger partial charge in [0.25, 0.3) is 5.91 Å². The Labute approximate surface area is 111 Å². The second-order valence-corrected chi connectivity index (χ2v) is 4.33. The van der Waals surface area contributed by atoms with Crippen molar-refractivity contribution in [3.8, 4) is 11.3 Å². The van der Waals surface area contributed by atoms with Gasteiger partial charge in [-0.25, -0.2) is 0 Å². The third kappa shape index (κ3) is 3.42. The van der Waals surface area contributed by atoms with Crippen LogP contribution in [-0.4, -0.2) is 28.8 Å². The van der Waals surface area contributed by atoms with Crippen LogP contribution in [0.5, 0.6) is 0 Å². The first-order valence-corrected chi connectivity index (χ1v) is 6.14. The van der Waals surface area contributed by atoms with Gasteiger partial charge in [-0.1, -0.05) is 35.5 Å². The normalized spacial score (nSPS) is 12.1. The highest BCUT2D eigenvalue weighted by Crippen LogP contribution is 2.18. The number of nitrogens with one attached hydrogen (secondary N) is 1. The first-order valence-electron chi connectivity index (χ1n) is 6.14. The molecule has 2 aromatic rings. The summed E-state index contributed by atoms with van der Waals surface area (Å²) in [6.07, 6.45) is 0.505. The number of aliphatic hydroxyl groups excluding tert-OH is 1. The van der Waals surface area contributed by atoms with Crippen molar-refractivity contribution in [3.05, 3.63) is 42.2 Å². The van der Waals surface area contributed by atoms with E-state index >= 15 is 0 Å². The number of amides is 1. The van der Waals surface area contributed by atoms with Gasteiger partial charge in [-0.2, -0.15) is 0 Å². The number of aliphatic hydroxyl groups is 1. The highest BCUT2D eigenvalue weighted by Gasteiger charge is 2.15. The zero-order valence-electron chi connectivity index (χ0n) is 10.7. The second-order valence-electron chi connectivity index (χ2n) is 4.33. The van der Waals surface area contributed by atoms with Crippen molar-refractivity contribution >= 4 is 5.91 Å². The number of aromatic nitrogens is 1. The molecule has 0 spiro atoms. The Morgan fingerprint density at radius 3 is 2.84 bits per heavy atom. The van der Waals surface area contributed by atoms with E-state index in [1.165, 1.54) is 0 Å². The Balaban J connectivity index is 2.07. The van der Waals surface area contributed by atoms with E-state index in [-0.39, 0.29) is 24.3 Å². The van der Waals surface area contributed by atoms with Gasteiger partial charge in [0.2, 0.25) is 5.76 Å². The topological polar surface area (TPSA) is 75.4 Å². The molecule has 1 aromatic carbocycles. The molecule has 19 heavy (non-hydrogen) atoms. The summed E-state index contributed by atoms with van der Waals surface area (Å²) in [4.78, 5) is 11.8. The summed E-state index contributed by atoms with van der Waals surface area (Å²) in [6, 6.07) is 11.0. The van der Waals surface area contributed by atoms with Crippen molar-refractivity contribution in [3.63, 3.8) is 0 Å². The predicted octanol–water partition coefficient (Wildman–Crippen LogP) is 1.84. The molecule has 0 saturated heterocycles. The van der Waals surface area contributed by atoms with Crippen LogP contribution >= 0.6 is 0 Å². The van der Waals surface area contributed by atoms with E-state index in [0.717, 1.165) is 5.56 Å². The highest BCUT2D eigenvalue weighted by atomic mass is 16.5. The van der Waals surface area contributed by atoms with Crippen LogP contribution in [0.25, 0.3) is 11.3 Å². The van der Waals surface area contributed by atoms with Crippen LogP contribution in [0.15, 0.2) is 40.9 Å². The molecule has 0 aliphatic rings. The number of hydrogen-bond acceptors (Lipinski definition) is 4. The van der Waals surface area contributed by atoms with E-state index in [1.807, 2.05) is 37.3 Å². The number of rotatable bonds is 5. The molecule has 1 heterocycles. The molecule has 2 rings (SSSR count). The van der Waals surface area contributed by atoms with E-state index in [4.69, 9.17) is 9.63 Å². The van der Waals surface area contributed by atoms with E-state index in [1.54, 1.807) is 6.07 Å². The van der Waals surface area contributed by atoms with Gasteiger partial charge < -0.3 is 14.9 Å². The minimum Gasteiger partial charge on any atom is -0.396 e. The third-order valence-electron chi connectivity index (χ3n) is 2.74. The molecule has 1 unspecified atom stereocenters. The number of hydrogen-bond donors (Lipinski definition) is 2. The van der Waals surface area contributed by atoms with Crippen LogP contribution in [0.4, 0.5) is 0 Å². The van der Waals surface area contributed by atoms with Gasteiger partial charge in [-0.15, -0.1) is 0 Å². The third-order valence-corrected chi connectivity index (χ3v) is 2.74. The predicted molar refractivity (Wildman–Crippen MR) is 70.6 cm³/mol. The average Bonchev–Trinajstić information content (AvgIpc) is 2.89. The van der Waals surface area contributed by atoms with Crippen molar-refractivity contribution in [1.29, 1.82) is 0 Å². The van der Waals surface area contributed by atoms with Crippen molar-refractivity contribution in [1.82, 2.24) is 10.5 Å². The zero-order valence-corrected chi connectivity index (χ0v) is 10.7. The molecule has 1 aromatic heterocycles. The summed E-state index contributed by atoms with van der Waals surface area (Å²) in [5.74, 6) is -0.153. The number of carbonyl (C=O) groups excluding carboxylic acids is 1. The molecule has 5 heteroatoms. The number of benzene rings is 1. The molecule has 0 aliphatic heterocycles. The van der Waals surface area contributed by atoms with E-state index in [2.05, 4.69) is 10.5 Å². The molecule has 0 radical (unpaired) electrons. The van der Waals surface area contributed by atoms with Crippen LogP contribution in [0.1, 0.15) is 23.9 Å². The summed E-state index contributed by atoms with van der Waals surface area (Å²) in [5.41, 5.74) is 1.52. The average molecular weight is 260 g/mol. The Morgan fingerprint density at radius 2 is 2.16 bits per heavy atom. The molecule has 0 bridgehead atoms. The Hall–Kier alpha value is -2.14. The molecule has 0 fully saturated rings. The van der Waals surface area contributed by atoms with Crippen LogP contribution < -0.4 is 5.32 Å². The molecule has 0 aliphatic carbocycles. The van der Waals surface area contributed by atoms with Crippen LogP contribution in [0.2, 0.25) is 0 Å². The van der Waals surface area contributed by atoms with E-state index in [9.17, 15) is 4.79 Å². The molecule has 1 amide bonds. The SMILES string of the molecule is CC(CCO)NC(=O)c1cc(-c2ccccc2)no1. The maximum atomic E-state index is 11.8. The first kappa shape index (κ1) is 13.3. The summed E-state index contributed by atoms with van der Waals surface area (Å²) < 4.78 is 5.04. The molecule has 0 saturated carbocycles. The Morgan fingerprint density at radius 1 is 1.42 bits per heavy atom. The molecule has 1 atom stereocenters. The van der Waals surface area contributed by atoms with E-state index < -0.39 is 0 Å². The lowest BCUT2D eigenvalue weighted by Gasteiger charge is -2.09. The van der Waals surface area contributed by atoms with Crippen LogP contribution in [0, 0.1) is 0 Å². The molecule has 100 valence electrons. The lowest BCUT2D eigenvalue weighted by Crippen LogP contribution is -2.32. The lowest BCUT2D eigenvalue weighted by atomic mass is 10.1. The first-order chi connectivity index (χ1) is 9.20. The van der Waals surface area contributed by atoms with Gasteiger partial charge in [-0.05, 0) is 13.3 Å². The fourth-order valence-corrected chi connectivity index (χ4v) is 1.69. The summed E-state index contributed by atoms with van der Waals surface area (Å²) in [7, 11) is 0. The van der Waals surface area contributed by atoms with Crippen molar-refractivity contribution in [2.24, 2.45) is 0 Å². The maximum Gasteiger partial charge on any atom is 0.290 e. The van der Waals surface area contributed by atoms with Crippen LogP contribution in [0.3, 0.4) is 0 Å². The molecule has 5 nitrogen and oxygen atoms in total. The molecular formula is C14H16N2O3. The van der Waals surface area contributed by atoms with Gasteiger partial charge in [0.1, 0.15) is 5.69 Å². The largest absolute Gasteiger partial charge is 0.396 e. The van der Waals surface area contributed by atoms with Crippen molar-refractivity contribution in [2.45, 2.75) is 19.4 Å². The summed E-state index contributed by atoms with van der Waals surface area (Å²) in [5, 5.41) is 15.4. The van der Waals surface area contributed by atoms with Gasteiger partial charge in [0.15, 0.2) is 0 Å². The minimum atomic E-state index is -0.323. The smallest absolute Gasteiger partial charge is 0.290 e. The van der Waals surface area contributed by atoms with Crippen molar-refractivity contribution < 1.29 is 14.4 Å². The van der Waals surface area contributed by atoms with Gasteiger partial charge in [-0.3, -0.25) is 4.79 Å². The second kappa shape index (κ2) is 6.15. The van der Waals surface area contributed by atoms with Crippen molar-refractivity contribution in [2.75, 3.05) is 6.61 Å². The quantitative estimate of drug-likeness (QED) is 0.860. The monoisotopic (exact) mass is 260 g/mol. The van der Waals surface area contributed by atoms with Gasteiger partial charge >= 0.3 is 0 Å². The minimum absolute atomic E-state index is 0.0348. The number of nitrogens with zero attached hydrogens (tertiary/aromatic N) is 1. The molecular weight excluding hydrogens is 244 g/mol. The Bertz CT molecular complexity index is 537. The Kier molecular flexibility index (Phi) is 4.30. The van der Waals surface area contributed by atoms with E-state index in [0.29, 0.717) is 12.1 Å². The van der Waals surface area contributed by atoms with Crippen LogP contribution in [-0.2, 0) is 0 Å². The summed E-state index contributed by atoms with van der Waals surface area (Å²) in [6.45, 7) is 1.86. The van der Waals surface area contributed by atoms with Gasteiger partial charge in [0, 0.05) is 24.3 Å². The fourth-order valence-electron chi connectivity index (χ4n) is 1.69. The fraction of sp³-hybridized carbons (Fsp3) is 0.286. The van der Waals surface area contributed by atoms with Gasteiger partial charge in [0.05, 0.1) is 0 Å². The standard InChI is InChI=1S/C14H16N2O3/c1-10(7-8-17)15-14(18)13-9-12(16-19-13)11-5-3-2-4-6-11/h2-6,9-10,17H,7-8H2,1H3,(H,15,18). The number of carbonyl (C=O) groups is 1. The summed E-state index contributed by atoms with van der Waals surface area (Å²) >= 11 is 0. The zero-order chi connectivity index (χ0) is 13.7. The molecule has 2 N–H and O–H groups in total. The lowest BCUT2D eigenvalue weighted by molar-refractivity contribution is 0.0897. The highest BCUT2D eigenvalue weighted by molar-refractivity contribution is 5.92. The maximum absolute atomic E-state index is 11.8.